The maximum absolute atomic E-state index is 13.5. The molecule has 0 aliphatic carbocycles. The summed E-state index contributed by atoms with van der Waals surface area (Å²) in [5, 5.41) is 0. The number of ether oxygens (including phenoxy) is 1. The Labute approximate surface area is 193 Å². The summed E-state index contributed by atoms with van der Waals surface area (Å²) in [7, 11) is -2.01. The number of para-hydroxylation sites is 2. The first-order valence-electron chi connectivity index (χ1n) is 10.9. The summed E-state index contributed by atoms with van der Waals surface area (Å²) in [6.07, 6.45) is 0. The lowest BCUT2D eigenvalue weighted by atomic mass is 10.2. The second-order valence-corrected chi connectivity index (χ2v) is 10.0. The molecule has 3 aromatic rings. The van der Waals surface area contributed by atoms with Crippen molar-refractivity contribution in [3.63, 3.8) is 0 Å². The van der Waals surface area contributed by atoms with E-state index in [0.29, 0.717) is 11.4 Å². The van der Waals surface area contributed by atoms with Crippen LogP contribution in [0.5, 0.6) is 5.75 Å². The van der Waals surface area contributed by atoms with E-state index >= 15 is 0 Å². The van der Waals surface area contributed by atoms with Crippen LogP contribution in [-0.2, 0) is 14.6 Å². The van der Waals surface area contributed by atoms with Gasteiger partial charge in [-0.1, -0.05) is 30.3 Å². The van der Waals surface area contributed by atoms with Crippen LogP contribution in [0.2, 0.25) is 0 Å². The van der Waals surface area contributed by atoms with Crippen molar-refractivity contribution in [1.29, 1.82) is 0 Å². The zero-order valence-corrected chi connectivity index (χ0v) is 19.2. The lowest BCUT2D eigenvalue weighted by Crippen LogP contribution is -2.50. The number of piperazine rings is 1. The minimum absolute atomic E-state index is 0.139. The van der Waals surface area contributed by atoms with Crippen LogP contribution in [0, 0.1) is 0 Å². The summed E-state index contributed by atoms with van der Waals surface area (Å²) in [5.74, 6) is 0.683. The lowest BCUT2D eigenvalue weighted by Gasteiger charge is -2.37. The van der Waals surface area contributed by atoms with Gasteiger partial charge < -0.3 is 9.64 Å². The molecule has 0 spiro atoms. The molecule has 33 heavy (non-hydrogen) atoms. The number of amides is 1. The third kappa shape index (κ3) is 3.85. The summed E-state index contributed by atoms with van der Waals surface area (Å²) in [5.41, 5.74) is 1.93. The standard InChI is InChI=1S/C25H25N3O4S/c1-32-20-8-6-7-19(17-20)27-15-13-26(14-16-27)18-25(29)28-21-9-2-4-11-23(21)33(30,31)24-12-5-3-10-22(24)28/h2-12,17H,13-16,18H2,1H3. The van der Waals surface area contributed by atoms with Crippen LogP contribution in [-0.4, -0.2) is 59.1 Å². The Balaban J connectivity index is 1.35. The molecule has 0 bridgehead atoms. The van der Waals surface area contributed by atoms with Crippen molar-refractivity contribution >= 4 is 32.8 Å². The van der Waals surface area contributed by atoms with Crippen LogP contribution in [0.3, 0.4) is 0 Å². The maximum Gasteiger partial charge on any atom is 0.245 e. The van der Waals surface area contributed by atoms with E-state index in [4.69, 9.17) is 4.74 Å². The van der Waals surface area contributed by atoms with Crippen molar-refractivity contribution in [2.75, 3.05) is 49.6 Å². The molecular weight excluding hydrogens is 438 g/mol. The number of anilines is 3. The molecule has 0 aromatic heterocycles. The molecule has 1 saturated heterocycles. The van der Waals surface area contributed by atoms with E-state index in [1.165, 1.54) is 0 Å². The Morgan fingerprint density at radius 3 is 2.06 bits per heavy atom. The van der Waals surface area contributed by atoms with Gasteiger partial charge in [0.05, 0.1) is 34.8 Å². The topological polar surface area (TPSA) is 70.2 Å². The van der Waals surface area contributed by atoms with E-state index in [9.17, 15) is 13.2 Å². The molecule has 5 rings (SSSR count). The molecule has 3 aromatic carbocycles. The SMILES string of the molecule is COc1cccc(N2CCN(CC(=O)N3c4ccccc4S(=O)(=O)c4ccccc43)CC2)c1. The van der Waals surface area contributed by atoms with Crippen molar-refractivity contribution in [1.82, 2.24) is 4.90 Å². The number of nitrogens with zero attached hydrogens (tertiary/aromatic N) is 3. The number of sulfone groups is 1. The van der Waals surface area contributed by atoms with Crippen molar-refractivity contribution in [3.05, 3.63) is 72.8 Å². The smallest absolute Gasteiger partial charge is 0.245 e. The van der Waals surface area contributed by atoms with Crippen LogP contribution in [0.25, 0.3) is 0 Å². The molecule has 0 saturated carbocycles. The fraction of sp³-hybridized carbons (Fsp3) is 0.240. The highest BCUT2D eigenvalue weighted by molar-refractivity contribution is 7.92. The van der Waals surface area contributed by atoms with Gasteiger partial charge in [-0.3, -0.25) is 14.6 Å². The van der Waals surface area contributed by atoms with Gasteiger partial charge in [0, 0.05) is 37.9 Å². The third-order valence-corrected chi connectivity index (χ3v) is 8.04. The van der Waals surface area contributed by atoms with Crippen molar-refractivity contribution in [2.45, 2.75) is 9.79 Å². The predicted molar refractivity (Wildman–Crippen MR) is 127 cm³/mol. The largest absolute Gasteiger partial charge is 0.497 e. The molecule has 0 radical (unpaired) electrons. The molecule has 2 aliphatic heterocycles. The first kappa shape index (κ1) is 21.5. The average molecular weight is 464 g/mol. The van der Waals surface area contributed by atoms with Crippen LogP contribution in [0.15, 0.2) is 82.6 Å². The Kier molecular flexibility index (Phi) is 5.55. The molecule has 0 unspecified atom stereocenters. The zero-order valence-electron chi connectivity index (χ0n) is 18.3. The van der Waals surface area contributed by atoms with Gasteiger partial charge in [-0.15, -0.1) is 0 Å². The normalized spacial score (nSPS) is 17.2. The Morgan fingerprint density at radius 1 is 0.848 bits per heavy atom. The molecule has 0 N–H and O–H groups in total. The number of hydrogen-bond acceptors (Lipinski definition) is 6. The van der Waals surface area contributed by atoms with Crippen molar-refractivity contribution in [3.8, 4) is 5.75 Å². The van der Waals surface area contributed by atoms with Gasteiger partial charge in [0.1, 0.15) is 5.75 Å². The Bertz CT molecular complexity index is 1250. The van der Waals surface area contributed by atoms with Crippen molar-refractivity contribution in [2.24, 2.45) is 0 Å². The van der Waals surface area contributed by atoms with Gasteiger partial charge >= 0.3 is 0 Å². The lowest BCUT2D eigenvalue weighted by molar-refractivity contribution is -0.119. The quantitative estimate of drug-likeness (QED) is 0.591. The molecule has 1 amide bonds. The van der Waals surface area contributed by atoms with E-state index in [1.807, 2.05) is 18.2 Å². The van der Waals surface area contributed by atoms with Gasteiger partial charge in [0.2, 0.25) is 15.7 Å². The van der Waals surface area contributed by atoms with E-state index in [1.54, 1.807) is 60.5 Å². The molecule has 2 heterocycles. The third-order valence-electron chi connectivity index (χ3n) is 6.19. The van der Waals surface area contributed by atoms with Gasteiger partial charge in [0.15, 0.2) is 0 Å². The molecule has 8 heteroatoms. The minimum atomic E-state index is -3.67. The Morgan fingerprint density at radius 2 is 1.45 bits per heavy atom. The number of rotatable bonds is 4. The maximum atomic E-state index is 13.5. The first-order chi connectivity index (χ1) is 16.0. The van der Waals surface area contributed by atoms with Crippen LogP contribution < -0.4 is 14.5 Å². The monoisotopic (exact) mass is 463 g/mol. The summed E-state index contributed by atoms with van der Waals surface area (Å²) in [6.45, 7) is 3.27. The number of carbonyl (C=O) groups is 1. The molecule has 0 atom stereocenters. The van der Waals surface area contributed by atoms with Gasteiger partial charge in [-0.2, -0.15) is 0 Å². The summed E-state index contributed by atoms with van der Waals surface area (Å²) in [4.78, 5) is 19.8. The number of fused-ring (bicyclic) bond motifs is 2. The number of carbonyl (C=O) groups excluding carboxylic acids is 1. The molecular formula is C25H25N3O4S. The second kappa shape index (κ2) is 8.53. The van der Waals surface area contributed by atoms with E-state index in [-0.39, 0.29) is 22.2 Å². The van der Waals surface area contributed by atoms with Crippen LogP contribution in [0.4, 0.5) is 17.1 Å². The number of benzene rings is 3. The van der Waals surface area contributed by atoms with Crippen LogP contribution in [0.1, 0.15) is 0 Å². The number of hydrogen-bond donors (Lipinski definition) is 0. The van der Waals surface area contributed by atoms with E-state index < -0.39 is 9.84 Å². The van der Waals surface area contributed by atoms with Gasteiger partial charge in [-0.05, 0) is 36.4 Å². The summed E-state index contributed by atoms with van der Waals surface area (Å²) >= 11 is 0. The van der Waals surface area contributed by atoms with E-state index in [2.05, 4.69) is 15.9 Å². The number of methoxy groups -OCH3 is 1. The molecule has 7 nitrogen and oxygen atoms in total. The summed E-state index contributed by atoms with van der Waals surface area (Å²) in [6, 6.07) is 21.4. The molecule has 2 aliphatic rings. The summed E-state index contributed by atoms with van der Waals surface area (Å²) < 4.78 is 31.5. The predicted octanol–water partition coefficient (Wildman–Crippen LogP) is 3.33. The zero-order chi connectivity index (χ0) is 23.0. The van der Waals surface area contributed by atoms with E-state index in [0.717, 1.165) is 37.6 Å². The fourth-order valence-electron chi connectivity index (χ4n) is 4.49. The first-order valence-corrected chi connectivity index (χ1v) is 12.3. The molecule has 170 valence electrons. The highest BCUT2D eigenvalue weighted by Crippen LogP contribution is 2.43. The average Bonchev–Trinajstić information content (AvgIpc) is 2.85. The van der Waals surface area contributed by atoms with Gasteiger partial charge in [0.25, 0.3) is 0 Å². The Hall–Kier alpha value is -3.36. The van der Waals surface area contributed by atoms with Crippen molar-refractivity contribution < 1.29 is 17.9 Å². The van der Waals surface area contributed by atoms with Gasteiger partial charge in [-0.25, -0.2) is 8.42 Å². The highest BCUT2D eigenvalue weighted by atomic mass is 32.2. The highest BCUT2D eigenvalue weighted by Gasteiger charge is 2.37. The molecule has 1 fully saturated rings. The fourth-order valence-corrected chi connectivity index (χ4v) is 6.11. The minimum Gasteiger partial charge on any atom is -0.497 e. The second-order valence-electron chi connectivity index (χ2n) is 8.13. The van der Waals surface area contributed by atoms with Crippen LogP contribution >= 0.6 is 0 Å².